The zero-order valence-corrected chi connectivity index (χ0v) is 14.8. The lowest BCUT2D eigenvalue weighted by Crippen LogP contribution is -3.14. The van der Waals surface area contributed by atoms with Crippen LogP contribution >= 0.6 is 0 Å². The first-order valence-corrected chi connectivity index (χ1v) is 8.62. The summed E-state index contributed by atoms with van der Waals surface area (Å²) in [6.07, 6.45) is 2.11. The van der Waals surface area contributed by atoms with Gasteiger partial charge in [0.15, 0.2) is 12.6 Å². The number of aromatic nitrogens is 1. The average molecular weight is 344 g/mol. The van der Waals surface area contributed by atoms with Crippen molar-refractivity contribution in [2.24, 2.45) is 0 Å². The largest absolute Gasteiger partial charge is 0.497 e. The molecule has 2 atom stereocenters. The highest BCUT2D eigenvalue weighted by molar-refractivity contribution is 5.76. The van der Waals surface area contributed by atoms with Crippen molar-refractivity contribution >= 4 is 5.91 Å². The first-order valence-electron chi connectivity index (χ1n) is 8.62. The van der Waals surface area contributed by atoms with Gasteiger partial charge in [-0.1, -0.05) is 12.1 Å². The van der Waals surface area contributed by atoms with Crippen molar-refractivity contribution < 1.29 is 19.2 Å². The third-order valence-corrected chi connectivity index (χ3v) is 4.69. The summed E-state index contributed by atoms with van der Waals surface area (Å²) in [6, 6.07) is 12.5. The molecule has 134 valence electrons. The first kappa shape index (κ1) is 17.5. The lowest BCUT2D eigenvalue weighted by molar-refractivity contribution is -0.922. The fourth-order valence-electron chi connectivity index (χ4n) is 3.49. The minimum atomic E-state index is 0.0555. The van der Waals surface area contributed by atoms with Crippen molar-refractivity contribution in [1.29, 1.82) is 0 Å². The number of ether oxygens (including phenoxy) is 2. The fourth-order valence-corrected chi connectivity index (χ4v) is 3.49. The van der Waals surface area contributed by atoms with E-state index in [1.54, 1.807) is 14.2 Å². The van der Waals surface area contributed by atoms with Crippen LogP contribution in [0.25, 0.3) is 0 Å². The Morgan fingerprint density at radius 1 is 1.32 bits per heavy atom. The summed E-state index contributed by atoms with van der Waals surface area (Å²) in [5.74, 6) is 0.894. The molecule has 1 aromatic heterocycles. The number of amides is 1. The molecule has 0 saturated heterocycles. The zero-order valence-electron chi connectivity index (χ0n) is 14.8. The van der Waals surface area contributed by atoms with Gasteiger partial charge in [0, 0.05) is 25.4 Å². The summed E-state index contributed by atoms with van der Waals surface area (Å²) < 4.78 is 12.7. The Bertz CT molecular complexity index is 713. The van der Waals surface area contributed by atoms with Crippen LogP contribution in [0.3, 0.4) is 0 Å². The molecule has 3 rings (SSSR count). The molecular formula is C19H26N3O3+. The SMILES string of the molecule is COCCNC(=O)C[NH+]1CCn2cccc2[C@@H]1c1cccc(OC)c1. The number of hydrogen-bond acceptors (Lipinski definition) is 3. The molecule has 1 aromatic carbocycles. The third-order valence-electron chi connectivity index (χ3n) is 4.69. The summed E-state index contributed by atoms with van der Waals surface area (Å²) >= 11 is 0. The number of benzene rings is 1. The molecule has 6 nitrogen and oxygen atoms in total. The van der Waals surface area contributed by atoms with Crippen molar-refractivity contribution in [3.05, 3.63) is 53.9 Å². The number of carbonyl (C=O) groups is 1. The Balaban J connectivity index is 1.82. The minimum Gasteiger partial charge on any atom is -0.497 e. The molecule has 0 spiro atoms. The van der Waals surface area contributed by atoms with E-state index in [0.29, 0.717) is 19.7 Å². The van der Waals surface area contributed by atoms with Crippen LogP contribution in [-0.4, -0.2) is 50.9 Å². The summed E-state index contributed by atoms with van der Waals surface area (Å²) in [7, 11) is 3.31. The van der Waals surface area contributed by atoms with E-state index < -0.39 is 0 Å². The predicted octanol–water partition coefficient (Wildman–Crippen LogP) is 0.247. The number of nitrogens with one attached hydrogen (secondary N) is 2. The number of methoxy groups -OCH3 is 2. The van der Waals surface area contributed by atoms with Crippen molar-refractivity contribution in [2.75, 3.05) is 40.5 Å². The number of nitrogens with zero attached hydrogens (tertiary/aromatic N) is 1. The van der Waals surface area contributed by atoms with Crippen molar-refractivity contribution in [2.45, 2.75) is 12.6 Å². The molecule has 0 aliphatic carbocycles. The number of quaternary nitrogens is 1. The van der Waals surface area contributed by atoms with Crippen LogP contribution in [0.5, 0.6) is 5.75 Å². The van der Waals surface area contributed by atoms with Gasteiger partial charge in [-0.3, -0.25) is 4.79 Å². The van der Waals surface area contributed by atoms with Crippen LogP contribution in [0.2, 0.25) is 0 Å². The average Bonchev–Trinajstić information content (AvgIpc) is 3.10. The Morgan fingerprint density at radius 2 is 2.20 bits per heavy atom. The summed E-state index contributed by atoms with van der Waals surface area (Å²) in [4.78, 5) is 13.6. The Hall–Kier alpha value is -2.31. The Morgan fingerprint density at radius 3 is 3.00 bits per heavy atom. The fraction of sp³-hybridized carbons (Fsp3) is 0.421. The maximum atomic E-state index is 12.3. The minimum absolute atomic E-state index is 0.0555. The van der Waals surface area contributed by atoms with Gasteiger partial charge in [0.1, 0.15) is 5.75 Å². The van der Waals surface area contributed by atoms with Crippen molar-refractivity contribution in [3.8, 4) is 5.75 Å². The second-order valence-corrected chi connectivity index (χ2v) is 6.26. The highest BCUT2D eigenvalue weighted by Crippen LogP contribution is 2.25. The third kappa shape index (κ3) is 4.03. The van der Waals surface area contributed by atoms with Crippen LogP contribution < -0.4 is 15.0 Å². The molecule has 0 bridgehead atoms. The standard InChI is InChI=1S/C19H25N3O3/c1-24-12-8-20-18(23)14-22-11-10-21-9-4-7-17(21)19(22)15-5-3-6-16(13-15)25-2/h3-7,9,13,19H,8,10-12,14H2,1-2H3,(H,20,23)/p+1/t19-/m0/s1. The Labute approximate surface area is 148 Å². The molecule has 2 N–H and O–H groups in total. The van der Waals surface area contributed by atoms with Crippen LogP contribution in [-0.2, 0) is 16.1 Å². The van der Waals surface area contributed by atoms with E-state index in [0.717, 1.165) is 18.8 Å². The van der Waals surface area contributed by atoms with E-state index in [-0.39, 0.29) is 11.9 Å². The molecule has 1 aliphatic rings. The second-order valence-electron chi connectivity index (χ2n) is 6.26. The predicted molar refractivity (Wildman–Crippen MR) is 94.9 cm³/mol. The summed E-state index contributed by atoms with van der Waals surface area (Å²) in [5, 5.41) is 2.93. The van der Waals surface area contributed by atoms with Gasteiger partial charge in [-0.2, -0.15) is 0 Å². The van der Waals surface area contributed by atoms with E-state index in [1.165, 1.54) is 16.2 Å². The molecule has 1 amide bonds. The van der Waals surface area contributed by atoms with E-state index >= 15 is 0 Å². The maximum Gasteiger partial charge on any atom is 0.275 e. The summed E-state index contributed by atoms with van der Waals surface area (Å²) in [6.45, 7) is 3.34. The van der Waals surface area contributed by atoms with E-state index in [4.69, 9.17) is 9.47 Å². The zero-order chi connectivity index (χ0) is 17.6. The lowest BCUT2D eigenvalue weighted by Gasteiger charge is -2.34. The molecule has 2 heterocycles. The maximum absolute atomic E-state index is 12.3. The highest BCUT2D eigenvalue weighted by Gasteiger charge is 2.33. The van der Waals surface area contributed by atoms with Gasteiger partial charge in [0.2, 0.25) is 0 Å². The molecular weight excluding hydrogens is 318 g/mol. The topological polar surface area (TPSA) is 56.9 Å². The van der Waals surface area contributed by atoms with Crippen LogP contribution in [0.1, 0.15) is 17.3 Å². The number of fused-ring (bicyclic) bond motifs is 1. The Kier molecular flexibility index (Phi) is 5.73. The lowest BCUT2D eigenvalue weighted by atomic mass is 9.99. The van der Waals surface area contributed by atoms with Crippen LogP contribution in [0.15, 0.2) is 42.6 Å². The second kappa shape index (κ2) is 8.18. The smallest absolute Gasteiger partial charge is 0.275 e. The quantitative estimate of drug-likeness (QED) is 0.708. The molecule has 25 heavy (non-hydrogen) atoms. The molecule has 1 aliphatic heterocycles. The highest BCUT2D eigenvalue weighted by atomic mass is 16.5. The number of rotatable bonds is 7. The molecule has 2 aromatic rings. The van der Waals surface area contributed by atoms with E-state index in [1.807, 2.05) is 12.1 Å². The van der Waals surface area contributed by atoms with Gasteiger partial charge >= 0.3 is 0 Å². The molecule has 6 heteroatoms. The van der Waals surface area contributed by atoms with Crippen molar-refractivity contribution in [1.82, 2.24) is 9.88 Å². The van der Waals surface area contributed by atoms with Crippen LogP contribution in [0.4, 0.5) is 0 Å². The summed E-state index contributed by atoms with van der Waals surface area (Å²) in [5.41, 5.74) is 2.40. The van der Waals surface area contributed by atoms with E-state index in [2.05, 4.69) is 40.3 Å². The molecule has 0 fully saturated rings. The molecule has 0 saturated carbocycles. The monoisotopic (exact) mass is 344 g/mol. The van der Waals surface area contributed by atoms with Gasteiger partial charge in [-0.15, -0.1) is 0 Å². The van der Waals surface area contributed by atoms with E-state index in [9.17, 15) is 4.79 Å². The van der Waals surface area contributed by atoms with Gasteiger partial charge in [-0.25, -0.2) is 0 Å². The van der Waals surface area contributed by atoms with Gasteiger partial charge in [-0.05, 0) is 24.3 Å². The van der Waals surface area contributed by atoms with Crippen LogP contribution in [0, 0.1) is 0 Å². The van der Waals surface area contributed by atoms with Gasteiger partial charge in [0.05, 0.1) is 32.5 Å². The van der Waals surface area contributed by atoms with Gasteiger partial charge < -0.3 is 24.3 Å². The van der Waals surface area contributed by atoms with Gasteiger partial charge in [0.25, 0.3) is 5.91 Å². The first-order chi connectivity index (χ1) is 12.2. The number of carbonyl (C=O) groups excluding carboxylic acids is 1. The normalized spacial score (nSPS) is 19.3. The molecule has 1 unspecified atom stereocenters. The molecule has 0 radical (unpaired) electrons. The van der Waals surface area contributed by atoms with Crippen molar-refractivity contribution in [3.63, 3.8) is 0 Å². The number of hydrogen-bond donors (Lipinski definition) is 2.